The highest BCUT2D eigenvalue weighted by Gasteiger charge is 2.23. The molecule has 0 bridgehead atoms. The number of rotatable bonds is 3. The molecule has 0 amide bonds. The van der Waals surface area contributed by atoms with Crippen LogP contribution in [0.15, 0.2) is 30.3 Å². The first-order chi connectivity index (χ1) is 14.4. The van der Waals surface area contributed by atoms with Gasteiger partial charge in [-0.15, -0.1) is 45.3 Å². The van der Waals surface area contributed by atoms with E-state index in [2.05, 4.69) is 64.1 Å². The van der Waals surface area contributed by atoms with Crippen molar-refractivity contribution in [3.63, 3.8) is 0 Å². The maximum absolute atomic E-state index is 6.27. The van der Waals surface area contributed by atoms with Crippen LogP contribution in [0.25, 0.3) is 47.1 Å². The van der Waals surface area contributed by atoms with Gasteiger partial charge in [-0.05, 0) is 63.6 Å². The Morgan fingerprint density at radius 1 is 0.767 bits per heavy atom. The highest BCUT2D eigenvalue weighted by molar-refractivity contribution is 7.24. The summed E-state index contributed by atoms with van der Waals surface area (Å²) < 4.78 is 2.67. The summed E-state index contributed by atoms with van der Waals surface area (Å²) in [6.07, 6.45) is 4.30. The molecule has 0 spiro atoms. The summed E-state index contributed by atoms with van der Waals surface area (Å²) in [6, 6.07) is 9.05. The maximum atomic E-state index is 6.27. The van der Waals surface area contributed by atoms with Gasteiger partial charge in [0.2, 0.25) is 0 Å². The van der Waals surface area contributed by atoms with Crippen molar-refractivity contribution < 1.29 is 0 Å². The zero-order chi connectivity index (χ0) is 21.2. The number of anilines is 2. The summed E-state index contributed by atoms with van der Waals surface area (Å²) in [5.74, 6) is 0. The van der Waals surface area contributed by atoms with E-state index >= 15 is 0 Å². The van der Waals surface area contributed by atoms with Crippen molar-refractivity contribution >= 4 is 82.3 Å². The van der Waals surface area contributed by atoms with Crippen LogP contribution in [0.5, 0.6) is 0 Å². The lowest BCUT2D eigenvalue weighted by Gasteiger charge is -2.09. The van der Waals surface area contributed by atoms with E-state index in [0.717, 1.165) is 16.3 Å². The lowest BCUT2D eigenvalue weighted by Crippen LogP contribution is -1.82. The molecule has 0 aliphatic rings. The van der Waals surface area contributed by atoms with Gasteiger partial charge in [0.05, 0.1) is 5.00 Å². The number of aryl methyl sites for hydroxylation is 3. The average Bonchev–Trinajstić information content (AvgIpc) is 3.42. The summed E-state index contributed by atoms with van der Waals surface area (Å²) in [5, 5.41) is 3.53. The maximum Gasteiger partial charge on any atom is 0.0892 e. The van der Waals surface area contributed by atoms with Gasteiger partial charge in [-0.25, -0.2) is 0 Å². The molecule has 0 aliphatic heterocycles. The van der Waals surface area contributed by atoms with Crippen LogP contribution in [0.1, 0.15) is 27.1 Å². The van der Waals surface area contributed by atoms with E-state index in [1.807, 2.05) is 22.7 Å². The first-order valence-corrected chi connectivity index (χ1v) is 13.0. The van der Waals surface area contributed by atoms with Crippen LogP contribution >= 0.6 is 45.3 Å². The molecular weight excluding hydrogens is 445 g/mol. The molecule has 0 aliphatic carbocycles. The highest BCUT2D eigenvalue weighted by atomic mass is 32.1. The summed E-state index contributed by atoms with van der Waals surface area (Å²) in [6.45, 7) is 8.45. The number of benzene rings is 1. The van der Waals surface area contributed by atoms with Gasteiger partial charge in [0, 0.05) is 61.4 Å². The molecule has 5 rings (SSSR count). The molecule has 1 aromatic carbocycles. The van der Waals surface area contributed by atoms with E-state index in [1.54, 1.807) is 22.7 Å². The molecule has 4 aromatic heterocycles. The predicted molar refractivity (Wildman–Crippen MR) is 142 cm³/mol. The summed E-state index contributed by atoms with van der Waals surface area (Å²) >= 11 is 7.21. The van der Waals surface area contributed by atoms with Gasteiger partial charge < -0.3 is 11.5 Å². The van der Waals surface area contributed by atoms with E-state index in [0.29, 0.717) is 0 Å². The minimum atomic E-state index is 0.874. The Morgan fingerprint density at radius 3 is 2.03 bits per heavy atom. The standard InChI is InChI=1S/C24H22N2S4/c1-5-6-14-9-16-21(18-7-11(2)24(26)30-18)22-15(8-12(3)27-22)20(23(16)29-14)19-10-17(25)13(4)28-19/h5-10H,25-26H2,1-4H3/b6-5+. The van der Waals surface area contributed by atoms with Gasteiger partial charge >= 0.3 is 0 Å². The molecule has 0 saturated carbocycles. The van der Waals surface area contributed by atoms with Crippen LogP contribution in [0, 0.1) is 20.8 Å². The SMILES string of the molecule is C/C=C/c1cc2c(-c3cc(C)c(N)s3)c3sc(C)cc3c(-c3cc(N)c(C)s3)c2s1. The second-order valence-corrected chi connectivity index (χ2v) is 12.2. The van der Waals surface area contributed by atoms with Gasteiger partial charge in [-0.1, -0.05) is 6.08 Å². The van der Waals surface area contributed by atoms with Crippen molar-refractivity contribution in [2.45, 2.75) is 27.7 Å². The largest absolute Gasteiger partial charge is 0.398 e. The molecular formula is C24H22N2S4. The Bertz CT molecular complexity index is 1320. The number of hydrogen-bond donors (Lipinski definition) is 2. The lowest BCUT2D eigenvalue weighted by atomic mass is 9.99. The van der Waals surface area contributed by atoms with Gasteiger partial charge in [-0.3, -0.25) is 0 Å². The number of nitrogens with two attached hydrogens (primary N) is 2. The molecule has 0 saturated heterocycles. The third-order valence-electron chi connectivity index (χ3n) is 5.34. The molecule has 0 unspecified atom stereocenters. The minimum Gasteiger partial charge on any atom is -0.398 e. The van der Waals surface area contributed by atoms with E-state index < -0.39 is 0 Å². The van der Waals surface area contributed by atoms with E-state index in [4.69, 9.17) is 11.5 Å². The smallest absolute Gasteiger partial charge is 0.0892 e. The minimum absolute atomic E-state index is 0.874. The Morgan fingerprint density at radius 2 is 1.43 bits per heavy atom. The number of allylic oxidation sites excluding steroid dienone is 1. The number of hydrogen-bond acceptors (Lipinski definition) is 6. The molecule has 4 heterocycles. The van der Waals surface area contributed by atoms with Crippen molar-refractivity contribution in [1.29, 1.82) is 0 Å². The third kappa shape index (κ3) is 3.02. The number of nitrogen functional groups attached to an aromatic ring is 2. The quantitative estimate of drug-likeness (QED) is 0.279. The summed E-state index contributed by atoms with van der Waals surface area (Å²) in [7, 11) is 0. The van der Waals surface area contributed by atoms with E-state index in [1.165, 1.54) is 55.7 Å². The Hall–Kier alpha value is -2.12. The third-order valence-corrected chi connectivity index (χ3v) is 9.69. The molecule has 5 aromatic rings. The van der Waals surface area contributed by atoms with Crippen LogP contribution in [0.4, 0.5) is 10.7 Å². The van der Waals surface area contributed by atoms with Crippen molar-refractivity contribution in [2.24, 2.45) is 0 Å². The summed E-state index contributed by atoms with van der Waals surface area (Å²) in [4.78, 5) is 6.27. The fourth-order valence-electron chi connectivity index (χ4n) is 3.89. The van der Waals surface area contributed by atoms with Crippen molar-refractivity contribution in [3.05, 3.63) is 50.5 Å². The zero-order valence-corrected chi connectivity index (χ0v) is 20.5. The Balaban J connectivity index is 1.98. The van der Waals surface area contributed by atoms with Crippen molar-refractivity contribution in [3.8, 4) is 20.9 Å². The van der Waals surface area contributed by atoms with Crippen LogP contribution in [0.2, 0.25) is 0 Å². The zero-order valence-electron chi connectivity index (χ0n) is 17.3. The Labute approximate surface area is 192 Å². The highest BCUT2D eigenvalue weighted by Crippen LogP contribution is 2.52. The van der Waals surface area contributed by atoms with Gasteiger partial charge in [-0.2, -0.15) is 0 Å². The van der Waals surface area contributed by atoms with E-state index in [-0.39, 0.29) is 0 Å². The fraction of sp³-hybridized carbons (Fsp3) is 0.167. The Kier molecular flexibility index (Phi) is 4.78. The van der Waals surface area contributed by atoms with Gasteiger partial charge in [0.15, 0.2) is 0 Å². The van der Waals surface area contributed by atoms with Crippen LogP contribution < -0.4 is 11.5 Å². The van der Waals surface area contributed by atoms with Gasteiger partial charge in [0.25, 0.3) is 0 Å². The van der Waals surface area contributed by atoms with E-state index in [9.17, 15) is 0 Å². The number of thiophene rings is 4. The molecule has 2 nitrogen and oxygen atoms in total. The lowest BCUT2D eigenvalue weighted by molar-refractivity contribution is 1.55. The molecule has 0 fully saturated rings. The molecule has 0 radical (unpaired) electrons. The van der Waals surface area contributed by atoms with Crippen LogP contribution in [-0.2, 0) is 0 Å². The molecule has 0 atom stereocenters. The molecule has 4 N–H and O–H groups in total. The van der Waals surface area contributed by atoms with Crippen molar-refractivity contribution in [2.75, 3.05) is 11.5 Å². The predicted octanol–water partition coefficient (Wildman–Crippen LogP) is 8.70. The molecule has 152 valence electrons. The van der Waals surface area contributed by atoms with Gasteiger partial charge in [0.1, 0.15) is 0 Å². The first kappa shape index (κ1) is 19.8. The molecule has 6 heteroatoms. The second-order valence-electron chi connectivity index (χ2n) is 7.52. The van der Waals surface area contributed by atoms with Crippen molar-refractivity contribution in [1.82, 2.24) is 0 Å². The number of fused-ring (bicyclic) bond motifs is 2. The topological polar surface area (TPSA) is 52.0 Å². The normalized spacial score (nSPS) is 12.1. The first-order valence-electron chi connectivity index (χ1n) is 9.72. The van der Waals surface area contributed by atoms with Crippen LogP contribution in [-0.4, -0.2) is 0 Å². The van der Waals surface area contributed by atoms with Crippen LogP contribution in [0.3, 0.4) is 0 Å². The summed E-state index contributed by atoms with van der Waals surface area (Å²) in [5.41, 5.74) is 17.2. The second kappa shape index (κ2) is 7.24. The fourth-order valence-corrected chi connectivity index (χ4v) is 8.33. The monoisotopic (exact) mass is 466 g/mol. The molecule has 30 heavy (non-hydrogen) atoms. The average molecular weight is 467 g/mol.